The number of halogens is 2. The number of terminal acetylenes is 1. The molecule has 14 heavy (non-hydrogen) atoms. The smallest absolute Gasteiger partial charge is 0.183 e. The van der Waals surface area contributed by atoms with Crippen LogP contribution in [0.3, 0.4) is 0 Å². The molecule has 1 N–H and O–H groups in total. The zero-order chi connectivity index (χ0) is 10.6. The van der Waals surface area contributed by atoms with Gasteiger partial charge in [0, 0.05) is 12.5 Å². The lowest BCUT2D eigenvalue weighted by atomic mass is 10.2. The lowest BCUT2D eigenvalue weighted by molar-refractivity contribution is 0.444. The molecular formula is C10H11Br2NO. The topological polar surface area (TPSA) is 25.2 Å². The molecule has 0 bridgehead atoms. The Morgan fingerprint density at radius 2 is 2.36 bits per heavy atom. The Bertz CT molecular complexity index is 321. The summed E-state index contributed by atoms with van der Waals surface area (Å²) in [6, 6.07) is 2.24. The number of nitrogens with one attached hydrogen (secondary N) is 1. The maximum atomic E-state index is 5.40. The van der Waals surface area contributed by atoms with E-state index in [2.05, 4.69) is 43.1 Å². The van der Waals surface area contributed by atoms with Gasteiger partial charge in [-0.1, -0.05) is 0 Å². The average Bonchev–Trinajstić information content (AvgIpc) is 2.44. The third-order valence-electron chi connectivity index (χ3n) is 1.74. The Morgan fingerprint density at radius 1 is 1.64 bits per heavy atom. The molecule has 0 aliphatic carbocycles. The maximum Gasteiger partial charge on any atom is 0.183 e. The molecule has 0 radical (unpaired) electrons. The van der Waals surface area contributed by atoms with Gasteiger partial charge in [-0.2, -0.15) is 0 Å². The summed E-state index contributed by atoms with van der Waals surface area (Å²) in [6.45, 7) is 2.74. The minimum absolute atomic E-state index is 0.308. The van der Waals surface area contributed by atoms with Gasteiger partial charge in [0.1, 0.15) is 5.76 Å². The molecule has 1 aromatic rings. The molecule has 1 rings (SSSR count). The van der Waals surface area contributed by atoms with Crippen molar-refractivity contribution in [3.05, 3.63) is 21.0 Å². The lowest BCUT2D eigenvalue weighted by Gasteiger charge is -2.08. The van der Waals surface area contributed by atoms with E-state index in [1.165, 1.54) is 0 Å². The van der Waals surface area contributed by atoms with E-state index in [0.29, 0.717) is 12.6 Å². The Kier molecular flexibility index (Phi) is 4.73. The summed E-state index contributed by atoms with van der Waals surface area (Å²) < 4.78 is 7.05. The Morgan fingerprint density at radius 3 is 2.86 bits per heavy atom. The van der Waals surface area contributed by atoms with Crippen LogP contribution < -0.4 is 5.32 Å². The third-order valence-corrected chi connectivity index (χ3v) is 3.46. The molecule has 0 aliphatic rings. The second-order valence-corrected chi connectivity index (χ2v) is 4.60. The van der Waals surface area contributed by atoms with Gasteiger partial charge in [0.05, 0.1) is 11.0 Å². The molecule has 0 fully saturated rings. The van der Waals surface area contributed by atoms with Crippen molar-refractivity contribution in [2.75, 3.05) is 0 Å². The van der Waals surface area contributed by atoms with E-state index in [0.717, 1.165) is 21.3 Å². The average molecular weight is 321 g/mol. The highest BCUT2D eigenvalue weighted by atomic mass is 79.9. The molecule has 1 heterocycles. The van der Waals surface area contributed by atoms with Gasteiger partial charge in [-0.15, -0.1) is 12.3 Å². The van der Waals surface area contributed by atoms with Gasteiger partial charge in [0.15, 0.2) is 4.67 Å². The van der Waals surface area contributed by atoms with Crippen molar-refractivity contribution < 1.29 is 4.42 Å². The molecule has 76 valence electrons. The van der Waals surface area contributed by atoms with Crippen LogP contribution in [0.1, 0.15) is 19.1 Å². The summed E-state index contributed by atoms with van der Waals surface area (Å²) in [5.74, 6) is 3.49. The first-order chi connectivity index (χ1) is 6.63. The zero-order valence-electron chi connectivity index (χ0n) is 7.81. The monoisotopic (exact) mass is 319 g/mol. The van der Waals surface area contributed by atoms with Crippen molar-refractivity contribution >= 4 is 31.9 Å². The lowest BCUT2D eigenvalue weighted by Crippen LogP contribution is -2.24. The van der Waals surface area contributed by atoms with Gasteiger partial charge in [-0.05, 0) is 44.8 Å². The molecule has 1 aromatic heterocycles. The van der Waals surface area contributed by atoms with Gasteiger partial charge in [0.25, 0.3) is 0 Å². The van der Waals surface area contributed by atoms with Crippen LogP contribution in [0.2, 0.25) is 0 Å². The zero-order valence-corrected chi connectivity index (χ0v) is 11.0. The van der Waals surface area contributed by atoms with E-state index < -0.39 is 0 Å². The highest BCUT2D eigenvalue weighted by molar-refractivity contribution is 9.13. The van der Waals surface area contributed by atoms with Crippen molar-refractivity contribution in [3.63, 3.8) is 0 Å². The molecule has 0 aromatic carbocycles. The largest absolute Gasteiger partial charge is 0.452 e. The molecule has 1 unspecified atom stereocenters. The standard InChI is InChI=1S/C10H11Br2NO/c1-3-4-7(2)13-6-8-5-9(11)10(12)14-8/h1,5,7,13H,4,6H2,2H3. The fourth-order valence-electron chi connectivity index (χ4n) is 1.00. The quantitative estimate of drug-likeness (QED) is 0.861. The van der Waals surface area contributed by atoms with Crippen LogP contribution in [-0.4, -0.2) is 6.04 Å². The second kappa shape index (κ2) is 5.59. The molecule has 2 nitrogen and oxygen atoms in total. The predicted molar refractivity (Wildman–Crippen MR) is 63.9 cm³/mol. The van der Waals surface area contributed by atoms with Crippen molar-refractivity contribution in [1.29, 1.82) is 0 Å². The van der Waals surface area contributed by atoms with E-state index in [9.17, 15) is 0 Å². The van der Waals surface area contributed by atoms with Crippen LogP contribution in [0.15, 0.2) is 19.6 Å². The molecule has 0 saturated carbocycles. The van der Waals surface area contributed by atoms with Crippen molar-refractivity contribution in [2.24, 2.45) is 0 Å². The molecule has 4 heteroatoms. The summed E-state index contributed by atoms with van der Waals surface area (Å²) in [4.78, 5) is 0. The van der Waals surface area contributed by atoms with Crippen molar-refractivity contribution in [2.45, 2.75) is 25.9 Å². The van der Waals surface area contributed by atoms with Gasteiger partial charge in [0.2, 0.25) is 0 Å². The highest BCUT2D eigenvalue weighted by Crippen LogP contribution is 2.26. The summed E-state index contributed by atoms with van der Waals surface area (Å²) in [5.41, 5.74) is 0. The van der Waals surface area contributed by atoms with Crippen LogP contribution in [0.4, 0.5) is 0 Å². The second-order valence-electron chi connectivity index (χ2n) is 3.02. The highest BCUT2D eigenvalue weighted by Gasteiger charge is 2.06. The summed E-state index contributed by atoms with van der Waals surface area (Å²) in [6.07, 6.45) is 5.92. The van der Waals surface area contributed by atoms with E-state index in [1.807, 2.05) is 13.0 Å². The Labute approximate surface area is 101 Å². The van der Waals surface area contributed by atoms with Crippen LogP contribution in [0.25, 0.3) is 0 Å². The minimum atomic E-state index is 0.308. The summed E-state index contributed by atoms with van der Waals surface area (Å²) in [5, 5.41) is 3.26. The number of furan rings is 1. The van der Waals surface area contributed by atoms with E-state index >= 15 is 0 Å². The third kappa shape index (κ3) is 3.49. The van der Waals surface area contributed by atoms with Crippen LogP contribution in [0, 0.1) is 12.3 Å². The maximum absolute atomic E-state index is 5.40. The van der Waals surface area contributed by atoms with Crippen LogP contribution in [0.5, 0.6) is 0 Å². The SMILES string of the molecule is C#CCC(C)NCc1cc(Br)c(Br)o1. The first kappa shape index (κ1) is 11.8. The normalized spacial score (nSPS) is 12.4. The van der Waals surface area contributed by atoms with Gasteiger partial charge < -0.3 is 9.73 Å². The van der Waals surface area contributed by atoms with Crippen molar-refractivity contribution in [3.8, 4) is 12.3 Å². The first-order valence-electron chi connectivity index (χ1n) is 4.24. The van der Waals surface area contributed by atoms with E-state index in [1.54, 1.807) is 0 Å². The molecule has 0 amide bonds. The van der Waals surface area contributed by atoms with Crippen LogP contribution >= 0.6 is 31.9 Å². The molecule has 0 saturated heterocycles. The van der Waals surface area contributed by atoms with Gasteiger partial charge in [-0.25, -0.2) is 0 Å². The van der Waals surface area contributed by atoms with E-state index in [4.69, 9.17) is 10.8 Å². The number of rotatable bonds is 4. The fraction of sp³-hybridized carbons (Fsp3) is 0.400. The van der Waals surface area contributed by atoms with Crippen LogP contribution in [-0.2, 0) is 6.54 Å². The molecule has 0 aliphatic heterocycles. The number of hydrogen-bond donors (Lipinski definition) is 1. The Hall–Kier alpha value is -0.240. The molecule has 0 spiro atoms. The Balaban J connectivity index is 2.42. The fourth-order valence-corrected chi connectivity index (χ4v) is 1.66. The van der Waals surface area contributed by atoms with Crippen molar-refractivity contribution in [1.82, 2.24) is 5.32 Å². The van der Waals surface area contributed by atoms with Gasteiger partial charge in [-0.3, -0.25) is 0 Å². The predicted octanol–water partition coefficient (Wildman–Crippen LogP) is 3.31. The molecular weight excluding hydrogens is 310 g/mol. The number of hydrogen-bond acceptors (Lipinski definition) is 2. The summed E-state index contributed by atoms with van der Waals surface area (Å²) >= 11 is 6.63. The first-order valence-corrected chi connectivity index (χ1v) is 5.82. The minimum Gasteiger partial charge on any atom is -0.452 e. The van der Waals surface area contributed by atoms with E-state index in [-0.39, 0.29) is 0 Å². The van der Waals surface area contributed by atoms with Gasteiger partial charge >= 0.3 is 0 Å². The molecule has 1 atom stereocenters. The summed E-state index contributed by atoms with van der Waals surface area (Å²) in [7, 11) is 0.